The van der Waals surface area contributed by atoms with Crippen molar-refractivity contribution in [3.8, 4) is 0 Å². The predicted octanol–water partition coefficient (Wildman–Crippen LogP) is 2.46. The van der Waals surface area contributed by atoms with E-state index in [1.807, 2.05) is 60.7 Å². The molecule has 0 aromatic heterocycles. The van der Waals surface area contributed by atoms with Crippen LogP contribution in [0.25, 0.3) is 12.2 Å². The number of hydrogen-bond donors (Lipinski definition) is 2. The summed E-state index contributed by atoms with van der Waals surface area (Å²) in [6.07, 6.45) is 3.86. The number of carbonyl (C=O) groups is 1. The molecule has 2 aromatic carbocycles. The van der Waals surface area contributed by atoms with Crippen LogP contribution in [0, 0.1) is 0 Å². The molecule has 3 heteroatoms. The molecule has 2 aromatic rings. The van der Waals surface area contributed by atoms with Crippen LogP contribution in [0.15, 0.2) is 54.6 Å². The molecule has 0 aliphatic carbocycles. The molecule has 90 valence electrons. The number of amides is 1. The molecule has 0 unspecified atom stereocenters. The SMILES string of the molecule is NNC(=O)c1ccccc1C=Cc1ccccc1. The van der Waals surface area contributed by atoms with Crippen molar-refractivity contribution >= 4 is 18.1 Å². The lowest BCUT2D eigenvalue weighted by atomic mass is 10.1. The van der Waals surface area contributed by atoms with Gasteiger partial charge in [-0.1, -0.05) is 60.7 Å². The highest BCUT2D eigenvalue weighted by molar-refractivity contribution is 5.98. The Kier molecular flexibility index (Phi) is 3.89. The van der Waals surface area contributed by atoms with E-state index in [2.05, 4.69) is 5.43 Å². The Morgan fingerprint density at radius 2 is 1.61 bits per heavy atom. The van der Waals surface area contributed by atoms with Gasteiger partial charge in [0, 0.05) is 5.56 Å². The first-order chi connectivity index (χ1) is 8.81. The fourth-order valence-corrected chi connectivity index (χ4v) is 1.68. The van der Waals surface area contributed by atoms with E-state index >= 15 is 0 Å². The number of nitrogens with two attached hydrogens (primary N) is 1. The molecular weight excluding hydrogens is 224 g/mol. The molecule has 0 spiro atoms. The normalized spacial score (nSPS) is 10.5. The first-order valence-corrected chi connectivity index (χ1v) is 5.64. The molecule has 0 fully saturated rings. The van der Waals surface area contributed by atoms with Crippen LogP contribution in [0.4, 0.5) is 0 Å². The van der Waals surface area contributed by atoms with Gasteiger partial charge in [-0.2, -0.15) is 0 Å². The van der Waals surface area contributed by atoms with Crippen LogP contribution >= 0.6 is 0 Å². The van der Waals surface area contributed by atoms with E-state index in [1.165, 1.54) is 0 Å². The monoisotopic (exact) mass is 238 g/mol. The number of nitrogens with one attached hydrogen (secondary N) is 1. The summed E-state index contributed by atoms with van der Waals surface area (Å²) in [5.74, 6) is 4.87. The topological polar surface area (TPSA) is 55.1 Å². The molecule has 0 saturated heterocycles. The van der Waals surface area contributed by atoms with Crippen LogP contribution in [0.2, 0.25) is 0 Å². The number of hydrogen-bond acceptors (Lipinski definition) is 2. The van der Waals surface area contributed by atoms with Crippen LogP contribution in [-0.4, -0.2) is 5.91 Å². The summed E-state index contributed by atoms with van der Waals surface area (Å²) < 4.78 is 0. The van der Waals surface area contributed by atoms with E-state index < -0.39 is 0 Å². The molecule has 2 rings (SSSR count). The summed E-state index contributed by atoms with van der Waals surface area (Å²) in [4.78, 5) is 11.6. The third-order valence-electron chi connectivity index (χ3n) is 2.59. The van der Waals surface area contributed by atoms with Crippen LogP contribution in [0.5, 0.6) is 0 Å². The van der Waals surface area contributed by atoms with Crippen molar-refractivity contribution in [1.82, 2.24) is 5.43 Å². The van der Waals surface area contributed by atoms with E-state index in [1.54, 1.807) is 6.07 Å². The van der Waals surface area contributed by atoms with Crippen LogP contribution in [0.1, 0.15) is 21.5 Å². The van der Waals surface area contributed by atoms with Gasteiger partial charge in [-0.15, -0.1) is 0 Å². The number of nitrogen functional groups attached to an aromatic ring is 1. The Labute approximate surface area is 106 Å². The largest absolute Gasteiger partial charge is 0.290 e. The van der Waals surface area contributed by atoms with Gasteiger partial charge < -0.3 is 0 Å². The molecule has 0 saturated carbocycles. The predicted molar refractivity (Wildman–Crippen MR) is 73.5 cm³/mol. The minimum atomic E-state index is -0.289. The molecule has 3 nitrogen and oxygen atoms in total. The highest BCUT2D eigenvalue weighted by Crippen LogP contribution is 2.13. The molecule has 0 aliphatic rings. The Morgan fingerprint density at radius 3 is 2.33 bits per heavy atom. The zero-order chi connectivity index (χ0) is 12.8. The van der Waals surface area contributed by atoms with Crippen molar-refractivity contribution in [1.29, 1.82) is 0 Å². The van der Waals surface area contributed by atoms with Crippen molar-refractivity contribution in [3.05, 3.63) is 71.3 Å². The quantitative estimate of drug-likeness (QED) is 0.373. The standard InChI is InChI=1S/C15H14N2O/c16-17-15(18)14-9-5-4-8-13(14)11-10-12-6-2-1-3-7-12/h1-11H,16H2,(H,17,18). The lowest BCUT2D eigenvalue weighted by Gasteiger charge is -2.03. The van der Waals surface area contributed by atoms with Gasteiger partial charge in [0.15, 0.2) is 0 Å². The Hall–Kier alpha value is -2.39. The lowest BCUT2D eigenvalue weighted by Crippen LogP contribution is -2.30. The minimum absolute atomic E-state index is 0.289. The van der Waals surface area contributed by atoms with Gasteiger partial charge in [-0.25, -0.2) is 5.84 Å². The zero-order valence-electron chi connectivity index (χ0n) is 9.84. The smallest absolute Gasteiger partial charge is 0.265 e. The van der Waals surface area contributed by atoms with E-state index in [-0.39, 0.29) is 5.91 Å². The number of carbonyl (C=O) groups excluding carboxylic acids is 1. The molecular formula is C15H14N2O. The lowest BCUT2D eigenvalue weighted by molar-refractivity contribution is 0.0953. The van der Waals surface area contributed by atoms with Crippen molar-refractivity contribution in [3.63, 3.8) is 0 Å². The van der Waals surface area contributed by atoms with Gasteiger partial charge in [0.1, 0.15) is 0 Å². The fraction of sp³-hybridized carbons (Fsp3) is 0. The molecule has 0 bridgehead atoms. The second-order valence-electron chi connectivity index (χ2n) is 3.80. The van der Waals surface area contributed by atoms with Gasteiger partial charge in [0.25, 0.3) is 5.91 Å². The molecule has 0 radical (unpaired) electrons. The molecule has 0 aliphatic heterocycles. The maximum absolute atomic E-state index is 11.6. The molecule has 0 heterocycles. The summed E-state index contributed by atoms with van der Waals surface area (Å²) in [5, 5.41) is 0. The number of benzene rings is 2. The van der Waals surface area contributed by atoms with E-state index in [0.29, 0.717) is 5.56 Å². The molecule has 1 amide bonds. The summed E-state index contributed by atoms with van der Waals surface area (Å²) in [7, 11) is 0. The van der Waals surface area contributed by atoms with Gasteiger partial charge in [0.2, 0.25) is 0 Å². The van der Waals surface area contributed by atoms with Crippen LogP contribution < -0.4 is 11.3 Å². The van der Waals surface area contributed by atoms with Crippen molar-refractivity contribution < 1.29 is 4.79 Å². The highest BCUT2D eigenvalue weighted by Gasteiger charge is 2.06. The molecule has 18 heavy (non-hydrogen) atoms. The third kappa shape index (κ3) is 2.84. The van der Waals surface area contributed by atoms with Crippen molar-refractivity contribution in [2.75, 3.05) is 0 Å². The third-order valence-corrected chi connectivity index (χ3v) is 2.59. The van der Waals surface area contributed by atoms with Crippen LogP contribution in [0.3, 0.4) is 0 Å². The zero-order valence-corrected chi connectivity index (χ0v) is 9.84. The van der Waals surface area contributed by atoms with Gasteiger partial charge >= 0.3 is 0 Å². The molecule has 3 N–H and O–H groups in total. The van der Waals surface area contributed by atoms with Gasteiger partial charge in [-0.3, -0.25) is 10.2 Å². The second kappa shape index (κ2) is 5.80. The Bertz CT molecular complexity index is 562. The van der Waals surface area contributed by atoms with Crippen LogP contribution in [-0.2, 0) is 0 Å². The van der Waals surface area contributed by atoms with E-state index in [9.17, 15) is 4.79 Å². The maximum atomic E-state index is 11.6. The summed E-state index contributed by atoms with van der Waals surface area (Å²) in [6.45, 7) is 0. The van der Waals surface area contributed by atoms with Gasteiger partial charge in [-0.05, 0) is 17.2 Å². The Balaban J connectivity index is 2.29. The molecule has 0 atom stereocenters. The average molecular weight is 238 g/mol. The summed E-state index contributed by atoms with van der Waals surface area (Å²) in [6, 6.07) is 17.2. The average Bonchev–Trinajstić information content (AvgIpc) is 2.45. The first-order valence-electron chi connectivity index (χ1n) is 5.64. The minimum Gasteiger partial charge on any atom is -0.290 e. The summed E-state index contributed by atoms with van der Waals surface area (Å²) in [5.41, 5.74) is 4.63. The summed E-state index contributed by atoms with van der Waals surface area (Å²) >= 11 is 0. The maximum Gasteiger partial charge on any atom is 0.265 e. The highest BCUT2D eigenvalue weighted by atomic mass is 16.2. The van der Waals surface area contributed by atoms with E-state index in [4.69, 9.17) is 5.84 Å². The Morgan fingerprint density at radius 1 is 0.944 bits per heavy atom. The van der Waals surface area contributed by atoms with E-state index in [0.717, 1.165) is 11.1 Å². The fourth-order valence-electron chi connectivity index (χ4n) is 1.68. The van der Waals surface area contributed by atoms with Gasteiger partial charge in [0.05, 0.1) is 0 Å². The van der Waals surface area contributed by atoms with Crippen molar-refractivity contribution in [2.45, 2.75) is 0 Å². The second-order valence-corrected chi connectivity index (χ2v) is 3.80. The van der Waals surface area contributed by atoms with Crippen molar-refractivity contribution in [2.24, 2.45) is 5.84 Å². The number of rotatable bonds is 3. The number of hydrazine groups is 1. The first kappa shape index (κ1) is 12.1.